The van der Waals surface area contributed by atoms with Crippen molar-refractivity contribution in [2.45, 2.75) is 33.2 Å². The zero-order valence-electron chi connectivity index (χ0n) is 12.5. The van der Waals surface area contributed by atoms with E-state index in [0.717, 1.165) is 29.0 Å². The average molecular weight is 281 g/mol. The third-order valence-electron chi connectivity index (χ3n) is 3.64. The molecule has 108 valence electrons. The van der Waals surface area contributed by atoms with Gasteiger partial charge < -0.3 is 5.32 Å². The molecule has 0 radical (unpaired) electrons. The first-order valence-electron chi connectivity index (χ1n) is 7.21. The van der Waals surface area contributed by atoms with Gasteiger partial charge in [0.1, 0.15) is 12.1 Å². The second-order valence-electron chi connectivity index (χ2n) is 5.31. The van der Waals surface area contributed by atoms with Crippen molar-refractivity contribution in [3.63, 3.8) is 0 Å². The van der Waals surface area contributed by atoms with Gasteiger partial charge in [-0.05, 0) is 32.4 Å². The van der Waals surface area contributed by atoms with Crippen molar-refractivity contribution in [1.82, 2.24) is 19.7 Å². The van der Waals surface area contributed by atoms with Crippen LogP contribution in [0.4, 0.5) is 5.82 Å². The van der Waals surface area contributed by atoms with Crippen molar-refractivity contribution in [2.75, 3.05) is 5.32 Å². The van der Waals surface area contributed by atoms with Crippen molar-refractivity contribution in [3.8, 4) is 5.69 Å². The van der Waals surface area contributed by atoms with E-state index in [1.807, 2.05) is 23.0 Å². The zero-order valence-corrected chi connectivity index (χ0v) is 12.5. The van der Waals surface area contributed by atoms with Gasteiger partial charge in [0.2, 0.25) is 0 Å². The molecule has 2 heterocycles. The lowest BCUT2D eigenvalue weighted by atomic mass is 10.2. The molecule has 0 saturated heterocycles. The normalized spacial score (nSPS) is 12.5. The fraction of sp³-hybridized carbons (Fsp3) is 0.312. The average Bonchev–Trinajstić information content (AvgIpc) is 2.93. The summed E-state index contributed by atoms with van der Waals surface area (Å²) in [5, 5.41) is 8.81. The van der Waals surface area contributed by atoms with Crippen LogP contribution in [0.5, 0.6) is 0 Å². The quantitative estimate of drug-likeness (QED) is 0.797. The van der Waals surface area contributed by atoms with E-state index >= 15 is 0 Å². The molecule has 0 spiro atoms. The summed E-state index contributed by atoms with van der Waals surface area (Å²) in [5.41, 5.74) is 3.05. The van der Waals surface area contributed by atoms with Gasteiger partial charge in [-0.2, -0.15) is 5.10 Å². The Morgan fingerprint density at radius 2 is 1.95 bits per heavy atom. The fourth-order valence-corrected chi connectivity index (χ4v) is 2.17. The second-order valence-corrected chi connectivity index (χ2v) is 5.31. The number of aryl methyl sites for hydroxylation is 1. The van der Waals surface area contributed by atoms with Crippen LogP contribution in [0.1, 0.15) is 25.8 Å². The Labute approximate surface area is 124 Å². The topological polar surface area (TPSA) is 55.6 Å². The fourth-order valence-electron chi connectivity index (χ4n) is 2.17. The molecule has 21 heavy (non-hydrogen) atoms. The van der Waals surface area contributed by atoms with E-state index in [1.165, 1.54) is 5.56 Å². The number of fused-ring (bicyclic) bond motifs is 1. The highest BCUT2D eigenvalue weighted by atomic mass is 15.3. The smallest absolute Gasteiger partial charge is 0.168 e. The van der Waals surface area contributed by atoms with E-state index in [2.05, 4.69) is 53.3 Å². The van der Waals surface area contributed by atoms with Crippen LogP contribution in [0.15, 0.2) is 36.8 Å². The van der Waals surface area contributed by atoms with Crippen molar-refractivity contribution in [1.29, 1.82) is 0 Å². The van der Waals surface area contributed by atoms with E-state index in [9.17, 15) is 0 Å². The van der Waals surface area contributed by atoms with Crippen LogP contribution in [0.2, 0.25) is 0 Å². The summed E-state index contributed by atoms with van der Waals surface area (Å²) < 4.78 is 1.85. The second kappa shape index (κ2) is 5.52. The Morgan fingerprint density at radius 3 is 2.67 bits per heavy atom. The first-order valence-corrected chi connectivity index (χ1v) is 7.21. The number of aromatic nitrogens is 4. The van der Waals surface area contributed by atoms with Crippen LogP contribution in [-0.4, -0.2) is 25.8 Å². The largest absolute Gasteiger partial charge is 0.367 e. The van der Waals surface area contributed by atoms with Gasteiger partial charge in [0.15, 0.2) is 5.65 Å². The Kier molecular flexibility index (Phi) is 3.56. The minimum absolute atomic E-state index is 0.367. The molecule has 3 aromatic rings. The molecular formula is C16H19N5. The van der Waals surface area contributed by atoms with Crippen LogP contribution in [0.3, 0.4) is 0 Å². The molecule has 0 aliphatic rings. The van der Waals surface area contributed by atoms with E-state index in [4.69, 9.17) is 0 Å². The van der Waals surface area contributed by atoms with Crippen LogP contribution < -0.4 is 5.32 Å². The van der Waals surface area contributed by atoms with Crippen molar-refractivity contribution in [2.24, 2.45) is 0 Å². The maximum Gasteiger partial charge on any atom is 0.168 e. The zero-order chi connectivity index (χ0) is 14.8. The van der Waals surface area contributed by atoms with E-state index in [1.54, 1.807) is 6.33 Å². The number of nitrogens with one attached hydrogen (secondary N) is 1. The van der Waals surface area contributed by atoms with Crippen molar-refractivity contribution >= 4 is 16.9 Å². The molecule has 5 nitrogen and oxygen atoms in total. The Hall–Kier alpha value is -2.43. The highest BCUT2D eigenvalue weighted by molar-refractivity contribution is 5.87. The monoisotopic (exact) mass is 281 g/mol. The summed E-state index contributed by atoms with van der Waals surface area (Å²) >= 11 is 0. The van der Waals surface area contributed by atoms with Gasteiger partial charge >= 0.3 is 0 Å². The van der Waals surface area contributed by atoms with Crippen LogP contribution in [0, 0.1) is 6.92 Å². The Bertz CT molecular complexity index is 745. The van der Waals surface area contributed by atoms with Crippen molar-refractivity contribution in [3.05, 3.63) is 42.4 Å². The molecule has 0 amide bonds. The molecule has 0 saturated carbocycles. The summed E-state index contributed by atoms with van der Waals surface area (Å²) in [6.45, 7) is 6.35. The predicted octanol–water partition coefficient (Wildman–Crippen LogP) is 3.33. The minimum atomic E-state index is 0.367. The molecule has 0 bridgehead atoms. The molecular weight excluding hydrogens is 262 g/mol. The standard InChI is InChI=1S/C16H19N5/c1-4-12(3)20-15-14-9-19-21(16(14)18-10-17-15)13-7-5-11(2)6-8-13/h5-10,12H,4H2,1-3H3,(H,17,18,20)/t12-/m0/s1. The molecule has 1 atom stereocenters. The summed E-state index contributed by atoms with van der Waals surface area (Å²) in [6.07, 6.45) is 4.44. The van der Waals surface area contributed by atoms with E-state index in [-0.39, 0.29) is 0 Å². The number of rotatable bonds is 4. The lowest BCUT2D eigenvalue weighted by molar-refractivity contribution is 0.760. The lowest BCUT2D eigenvalue weighted by Gasteiger charge is -2.12. The molecule has 0 aliphatic heterocycles. The molecule has 1 aromatic carbocycles. The maximum atomic E-state index is 4.46. The summed E-state index contributed by atoms with van der Waals surface area (Å²) in [5.74, 6) is 0.840. The van der Waals surface area contributed by atoms with Gasteiger partial charge in [-0.1, -0.05) is 24.6 Å². The van der Waals surface area contributed by atoms with Gasteiger partial charge in [0.05, 0.1) is 17.3 Å². The van der Waals surface area contributed by atoms with Gasteiger partial charge in [0.25, 0.3) is 0 Å². The molecule has 2 aromatic heterocycles. The molecule has 0 unspecified atom stereocenters. The Balaban J connectivity index is 2.06. The van der Waals surface area contributed by atoms with Gasteiger partial charge in [-0.3, -0.25) is 0 Å². The van der Waals surface area contributed by atoms with Crippen molar-refractivity contribution < 1.29 is 0 Å². The molecule has 5 heteroatoms. The van der Waals surface area contributed by atoms with Gasteiger partial charge in [0, 0.05) is 6.04 Å². The Morgan fingerprint density at radius 1 is 1.19 bits per heavy atom. The highest BCUT2D eigenvalue weighted by Crippen LogP contribution is 2.22. The highest BCUT2D eigenvalue weighted by Gasteiger charge is 2.12. The summed E-state index contributed by atoms with van der Waals surface area (Å²) in [6, 6.07) is 8.60. The number of benzene rings is 1. The predicted molar refractivity (Wildman–Crippen MR) is 84.8 cm³/mol. The summed E-state index contributed by atoms with van der Waals surface area (Å²) in [4.78, 5) is 8.72. The molecule has 3 rings (SSSR count). The van der Waals surface area contributed by atoms with Crippen LogP contribution >= 0.6 is 0 Å². The molecule has 0 fully saturated rings. The van der Waals surface area contributed by atoms with Gasteiger partial charge in [-0.15, -0.1) is 0 Å². The number of anilines is 1. The molecule has 0 aliphatic carbocycles. The number of hydrogen-bond acceptors (Lipinski definition) is 4. The first kappa shape index (κ1) is 13.5. The summed E-state index contributed by atoms with van der Waals surface area (Å²) in [7, 11) is 0. The van der Waals surface area contributed by atoms with E-state index < -0.39 is 0 Å². The third-order valence-corrected chi connectivity index (χ3v) is 3.64. The first-order chi connectivity index (χ1) is 10.2. The SMILES string of the molecule is CC[C@H](C)Nc1ncnc2c1cnn2-c1ccc(C)cc1. The minimum Gasteiger partial charge on any atom is -0.367 e. The number of hydrogen-bond donors (Lipinski definition) is 1. The van der Waals surface area contributed by atoms with Crippen LogP contribution in [-0.2, 0) is 0 Å². The third kappa shape index (κ3) is 2.59. The molecule has 1 N–H and O–H groups in total. The maximum absolute atomic E-state index is 4.46. The van der Waals surface area contributed by atoms with Gasteiger partial charge in [-0.25, -0.2) is 14.6 Å². The lowest BCUT2D eigenvalue weighted by Crippen LogP contribution is -2.14. The van der Waals surface area contributed by atoms with Crippen LogP contribution in [0.25, 0.3) is 16.7 Å². The van der Waals surface area contributed by atoms with E-state index in [0.29, 0.717) is 6.04 Å². The number of nitrogens with zero attached hydrogens (tertiary/aromatic N) is 4.